The van der Waals surface area contributed by atoms with Gasteiger partial charge in [0.1, 0.15) is 18.1 Å². The van der Waals surface area contributed by atoms with E-state index < -0.39 is 0 Å². The van der Waals surface area contributed by atoms with Gasteiger partial charge in [-0.3, -0.25) is 0 Å². The summed E-state index contributed by atoms with van der Waals surface area (Å²) in [7, 11) is 0. The first-order chi connectivity index (χ1) is 14.7. The standard InChI is InChI=1S/C26H41N2O2.BrH/c1-3-5-6-7-8-9-10-11-12-13-14-15-20-27-21-22-28(23-27)25-18-16-24(17-19-25)26(29)30-4-2;/h16-19,21-23H,3-15,20H2,1-2H3;1H/q+1;/p-1. The van der Waals surface area contributed by atoms with E-state index in [0.717, 1.165) is 12.2 Å². The first kappa shape index (κ1) is 27.4. The van der Waals surface area contributed by atoms with Crippen LogP contribution in [0.25, 0.3) is 5.69 Å². The van der Waals surface area contributed by atoms with E-state index in [9.17, 15) is 4.79 Å². The van der Waals surface area contributed by atoms with Crippen LogP contribution < -0.4 is 21.5 Å². The van der Waals surface area contributed by atoms with Crippen LogP contribution >= 0.6 is 0 Å². The summed E-state index contributed by atoms with van der Waals surface area (Å²) in [5, 5.41) is 0. The molecule has 0 saturated carbocycles. The maximum atomic E-state index is 11.8. The van der Waals surface area contributed by atoms with Crippen molar-refractivity contribution in [2.75, 3.05) is 6.61 Å². The van der Waals surface area contributed by atoms with Gasteiger partial charge in [0.25, 0.3) is 0 Å². The molecule has 0 unspecified atom stereocenters. The molecular formula is C26H41BrN2O2. The van der Waals surface area contributed by atoms with Gasteiger partial charge in [0.05, 0.1) is 18.7 Å². The SMILES string of the molecule is CCCCCCCCCCCCCC[n+]1ccn(-c2ccc(C(=O)OCC)cc2)c1.[Br-]. The molecule has 0 aliphatic heterocycles. The molecule has 0 amide bonds. The van der Waals surface area contributed by atoms with Crippen molar-refractivity contribution in [1.29, 1.82) is 0 Å². The van der Waals surface area contributed by atoms with Crippen molar-refractivity contribution in [3.05, 3.63) is 48.5 Å². The third-order valence-corrected chi connectivity index (χ3v) is 5.64. The molecule has 5 heteroatoms. The molecule has 0 saturated heterocycles. The van der Waals surface area contributed by atoms with E-state index in [1.165, 1.54) is 77.0 Å². The molecule has 1 heterocycles. The number of unbranched alkanes of at least 4 members (excludes halogenated alkanes) is 11. The van der Waals surface area contributed by atoms with E-state index in [1.54, 1.807) is 0 Å². The van der Waals surface area contributed by atoms with Gasteiger partial charge in [-0.25, -0.2) is 13.9 Å². The fourth-order valence-electron chi connectivity index (χ4n) is 3.80. The maximum absolute atomic E-state index is 11.8. The second kappa shape index (κ2) is 17.0. The van der Waals surface area contributed by atoms with Crippen molar-refractivity contribution in [3.63, 3.8) is 0 Å². The molecular weight excluding hydrogens is 452 g/mol. The number of imidazole rings is 1. The molecule has 0 aliphatic carbocycles. The highest BCUT2D eigenvalue weighted by Crippen LogP contribution is 2.12. The lowest BCUT2D eigenvalue weighted by Crippen LogP contribution is -3.00. The summed E-state index contributed by atoms with van der Waals surface area (Å²) in [6, 6.07) is 7.56. The summed E-state index contributed by atoms with van der Waals surface area (Å²) in [6.45, 7) is 5.56. The van der Waals surface area contributed by atoms with Gasteiger partial charge in [-0.15, -0.1) is 0 Å². The van der Waals surface area contributed by atoms with E-state index in [1.807, 2.05) is 31.2 Å². The highest BCUT2D eigenvalue weighted by molar-refractivity contribution is 5.89. The molecule has 0 radical (unpaired) electrons. The average molecular weight is 494 g/mol. The third kappa shape index (κ3) is 11.0. The van der Waals surface area contributed by atoms with Crippen molar-refractivity contribution in [3.8, 4) is 5.69 Å². The summed E-state index contributed by atoms with van der Waals surface area (Å²) < 4.78 is 9.38. The summed E-state index contributed by atoms with van der Waals surface area (Å²) in [6.07, 6.45) is 22.9. The zero-order valence-electron chi connectivity index (χ0n) is 19.5. The topological polar surface area (TPSA) is 35.1 Å². The Hall–Kier alpha value is -1.62. The minimum atomic E-state index is -0.265. The van der Waals surface area contributed by atoms with E-state index in [2.05, 4.69) is 34.8 Å². The summed E-state index contributed by atoms with van der Waals surface area (Å²) >= 11 is 0. The predicted molar refractivity (Wildman–Crippen MR) is 123 cm³/mol. The fraction of sp³-hybridized carbons (Fsp3) is 0.615. The number of ether oxygens (including phenoxy) is 1. The zero-order chi connectivity index (χ0) is 21.4. The molecule has 1 aromatic heterocycles. The number of benzene rings is 1. The number of hydrogen-bond donors (Lipinski definition) is 0. The zero-order valence-corrected chi connectivity index (χ0v) is 21.1. The predicted octanol–water partition coefficient (Wildman–Crippen LogP) is 3.65. The monoisotopic (exact) mass is 492 g/mol. The largest absolute Gasteiger partial charge is 1.00 e. The Bertz CT molecular complexity index is 712. The summed E-state index contributed by atoms with van der Waals surface area (Å²) in [4.78, 5) is 11.8. The number of hydrogen-bond acceptors (Lipinski definition) is 2. The van der Waals surface area contributed by atoms with Gasteiger partial charge in [-0.05, 0) is 44.0 Å². The number of carbonyl (C=O) groups excluding carboxylic acids is 1. The number of carbonyl (C=O) groups is 1. The molecule has 0 N–H and O–H groups in total. The molecule has 0 aliphatic rings. The van der Waals surface area contributed by atoms with Crippen LogP contribution in [0.15, 0.2) is 43.0 Å². The highest BCUT2D eigenvalue weighted by Gasteiger charge is 2.09. The van der Waals surface area contributed by atoms with Gasteiger partial charge < -0.3 is 21.7 Å². The number of esters is 1. The van der Waals surface area contributed by atoms with Gasteiger partial charge in [0, 0.05) is 0 Å². The fourth-order valence-corrected chi connectivity index (χ4v) is 3.80. The molecule has 31 heavy (non-hydrogen) atoms. The lowest BCUT2D eigenvalue weighted by Gasteiger charge is -2.02. The Morgan fingerprint density at radius 1 is 0.839 bits per heavy atom. The molecule has 0 spiro atoms. The van der Waals surface area contributed by atoms with Crippen molar-refractivity contribution >= 4 is 5.97 Å². The van der Waals surface area contributed by atoms with Crippen molar-refractivity contribution in [1.82, 2.24) is 4.57 Å². The van der Waals surface area contributed by atoms with Gasteiger partial charge in [-0.2, -0.15) is 0 Å². The van der Waals surface area contributed by atoms with E-state index in [-0.39, 0.29) is 23.0 Å². The molecule has 174 valence electrons. The Morgan fingerprint density at radius 2 is 1.39 bits per heavy atom. The normalized spacial score (nSPS) is 10.6. The second-order valence-electron chi connectivity index (χ2n) is 8.22. The number of nitrogens with zero attached hydrogens (tertiary/aromatic N) is 2. The van der Waals surface area contributed by atoms with Gasteiger partial charge in [0.2, 0.25) is 6.33 Å². The van der Waals surface area contributed by atoms with E-state index >= 15 is 0 Å². The molecule has 2 aromatic rings. The molecule has 0 bridgehead atoms. The van der Waals surface area contributed by atoms with Crippen molar-refractivity contribution < 1.29 is 31.1 Å². The quantitative estimate of drug-likeness (QED) is 0.203. The van der Waals surface area contributed by atoms with Crippen LogP contribution in [0.4, 0.5) is 0 Å². The number of aromatic nitrogens is 2. The molecule has 4 nitrogen and oxygen atoms in total. The minimum Gasteiger partial charge on any atom is -1.00 e. The minimum absolute atomic E-state index is 0. The molecule has 0 fully saturated rings. The van der Waals surface area contributed by atoms with Crippen molar-refractivity contribution in [2.24, 2.45) is 0 Å². The van der Waals surface area contributed by atoms with Gasteiger partial charge in [-0.1, -0.05) is 71.1 Å². The summed E-state index contributed by atoms with van der Waals surface area (Å²) in [5.74, 6) is -0.265. The van der Waals surface area contributed by atoms with Crippen molar-refractivity contribution in [2.45, 2.75) is 97.4 Å². The Balaban J connectivity index is 0.00000480. The highest BCUT2D eigenvalue weighted by atomic mass is 79.9. The van der Waals surface area contributed by atoms with Crippen LogP contribution in [-0.2, 0) is 11.3 Å². The molecule has 2 rings (SSSR count). The van der Waals surface area contributed by atoms with Crippen LogP contribution in [0, 0.1) is 0 Å². The number of aryl methyl sites for hydroxylation is 1. The molecule has 0 atom stereocenters. The second-order valence-corrected chi connectivity index (χ2v) is 8.22. The Morgan fingerprint density at radius 3 is 1.94 bits per heavy atom. The third-order valence-electron chi connectivity index (χ3n) is 5.64. The van der Waals surface area contributed by atoms with Crippen LogP contribution in [0.1, 0.15) is 101 Å². The van der Waals surface area contributed by atoms with Crippen LogP contribution in [0.3, 0.4) is 0 Å². The maximum Gasteiger partial charge on any atom is 0.338 e. The van der Waals surface area contributed by atoms with Gasteiger partial charge in [0.15, 0.2) is 0 Å². The summed E-state index contributed by atoms with van der Waals surface area (Å²) in [5.41, 5.74) is 1.65. The Kier molecular flexibility index (Phi) is 15.0. The average Bonchev–Trinajstić information content (AvgIpc) is 3.24. The van der Waals surface area contributed by atoms with Crippen LogP contribution in [0.2, 0.25) is 0 Å². The first-order valence-electron chi connectivity index (χ1n) is 12.1. The number of rotatable bonds is 16. The lowest BCUT2D eigenvalue weighted by atomic mass is 10.1. The smallest absolute Gasteiger partial charge is 0.338 e. The van der Waals surface area contributed by atoms with Crippen LogP contribution in [-0.4, -0.2) is 17.1 Å². The first-order valence-corrected chi connectivity index (χ1v) is 12.1. The van der Waals surface area contributed by atoms with E-state index in [0.29, 0.717) is 12.2 Å². The van der Waals surface area contributed by atoms with E-state index in [4.69, 9.17) is 4.74 Å². The Labute approximate surface area is 199 Å². The number of halogens is 1. The molecule has 1 aromatic carbocycles. The van der Waals surface area contributed by atoms with Crippen LogP contribution in [0.5, 0.6) is 0 Å². The lowest BCUT2D eigenvalue weighted by molar-refractivity contribution is -0.696. The van der Waals surface area contributed by atoms with Gasteiger partial charge >= 0.3 is 5.97 Å².